The van der Waals surface area contributed by atoms with Gasteiger partial charge in [-0.3, -0.25) is 14.6 Å². The van der Waals surface area contributed by atoms with Crippen molar-refractivity contribution in [3.05, 3.63) is 420 Å². The molecule has 0 amide bonds. The second-order valence-corrected chi connectivity index (χ2v) is 36.7. The fourth-order valence-corrected chi connectivity index (χ4v) is 14.5. The van der Waals surface area contributed by atoms with E-state index in [-0.39, 0.29) is 114 Å². The summed E-state index contributed by atoms with van der Waals surface area (Å²) in [6, 6.07) is 115. The first-order valence-corrected chi connectivity index (χ1v) is 45.3. The summed E-state index contributed by atoms with van der Waals surface area (Å²) in [6.07, 6.45) is 14.1. The number of ketones is 2. The number of carbonyl (C=O) groups is 2. The van der Waals surface area contributed by atoms with E-state index in [4.69, 9.17) is 14.5 Å². The number of hydrogen-bond donors (Lipinski definition) is 2. The van der Waals surface area contributed by atoms with Gasteiger partial charge in [0.25, 0.3) is 0 Å². The van der Waals surface area contributed by atoms with Crippen LogP contribution in [0.5, 0.6) is 0 Å². The molecule has 7 heterocycles. The maximum Gasteiger partial charge on any atom is 3.00 e. The van der Waals surface area contributed by atoms with Crippen LogP contribution < -0.4 is 0 Å². The quantitative estimate of drug-likeness (QED) is 0.0537. The fraction of sp³-hybridized carbons (Fsp3) is 0.230. The van der Waals surface area contributed by atoms with Gasteiger partial charge in [0.05, 0.1) is 22.6 Å². The van der Waals surface area contributed by atoms with Crippen LogP contribution in [0.1, 0.15) is 160 Å². The van der Waals surface area contributed by atoms with E-state index in [9.17, 15) is 14.7 Å². The summed E-state index contributed by atoms with van der Waals surface area (Å²) >= 11 is 0. The SMILES string of the molecule is CC(=O)C=C(C)O.CC(C)(C)c1ccc(-c2[c-]ccc(-c3ccccc3)c2)nc1.CC(C)(C)c1ccc(-c2[c-]cccc2)nc1.CC(C)CC(=O)C=C(O)CC(C)C.Cc1[c-]c(-c2cc(CC(C)C)c3cc(C)ccc3n2)cc(C)c1.Cc1c[c-]c(-c2[c-]cccc2)nc1.Cc1cc(C)cc(-c2ccnc(-c3[c-]cccc3)c2)c1.[Ir+3].[Ir].[Ir].[Ir].[c-]1cc2oc3ccccc3c2cc1-c1ccccn1. The van der Waals surface area contributed by atoms with Gasteiger partial charge in [0, 0.05) is 121 Å². The third-order valence-corrected chi connectivity index (χ3v) is 20.8. The van der Waals surface area contributed by atoms with Gasteiger partial charge >= 0.3 is 20.1 Å². The Kier molecular flexibility index (Phi) is 46.7. The summed E-state index contributed by atoms with van der Waals surface area (Å²) in [6.45, 7) is 41.2. The zero-order valence-electron chi connectivity index (χ0n) is 82.0. The first-order chi connectivity index (χ1) is 63.6. The van der Waals surface area contributed by atoms with Crippen LogP contribution in [0, 0.1) is 102 Å². The molecule has 711 valence electrons. The predicted octanol–water partition coefficient (Wildman–Crippen LogP) is 31.2. The molecule has 10 aromatic carbocycles. The second-order valence-electron chi connectivity index (χ2n) is 36.7. The van der Waals surface area contributed by atoms with E-state index in [1.54, 1.807) is 6.20 Å². The number of aliphatic hydroxyl groups excluding tert-OH is 2. The molecule has 0 saturated carbocycles. The Morgan fingerprint density at radius 2 is 0.942 bits per heavy atom. The molecule has 0 spiro atoms. The molecule has 7 aromatic heterocycles. The minimum Gasteiger partial charge on any atom is -0.512 e. The number of furan rings is 1. The van der Waals surface area contributed by atoms with E-state index in [0.29, 0.717) is 30.6 Å². The maximum atomic E-state index is 11.2. The van der Waals surface area contributed by atoms with Gasteiger partial charge in [-0.05, 0) is 168 Å². The molecular weight excluding hydrogens is 2400 g/mol. The average Bonchev–Trinajstić information content (AvgIpc) is 1.70. The summed E-state index contributed by atoms with van der Waals surface area (Å²) < 4.78 is 5.79. The third-order valence-electron chi connectivity index (χ3n) is 20.8. The smallest absolute Gasteiger partial charge is 0.512 e. The summed E-state index contributed by atoms with van der Waals surface area (Å²) in [5, 5.41) is 21.2. The molecule has 17 rings (SSSR count). The van der Waals surface area contributed by atoms with E-state index >= 15 is 0 Å². The van der Waals surface area contributed by atoms with Gasteiger partial charge in [-0.25, -0.2) is 17.7 Å². The zero-order chi connectivity index (χ0) is 95.7. The van der Waals surface area contributed by atoms with Crippen LogP contribution in [-0.2, 0) is 107 Å². The topological polar surface area (TPSA) is 165 Å². The molecule has 11 nitrogen and oxygen atoms in total. The fourth-order valence-electron chi connectivity index (χ4n) is 14.5. The molecule has 15 heteroatoms. The minimum atomic E-state index is -0.125. The van der Waals surface area contributed by atoms with Crippen molar-refractivity contribution in [2.45, 2.75) is 169 Å². The number of carbonyl (C=O) groups excluding carboxylic acids is 2. The maximum absolute atomic E-state index is 11.2. The summed E-state index contributed by atoms with van der Waals surface area (Å²) in [5.74, 6) is 1.54. The van der Waals surface area contributed by atoms with Crippen molar-refractivity contribution in [1.29, 1.82) is 0 Å². The molecule has 137 heavy (non-hydrogen) atoms. The number of benzene rings is 10. The van der Waals surface area contributed by atoms with Crippen LogP contribution in [0.15, 0.2) is 332 Å². The van der Waals surface area contributed by atoms with E-state index in [1.807, 2.05) is 193 Å². The predicted molar refractivity (Wildman–Crippen MR) is 552 cm³/mol. The molecule has 0 bridgehead atoms. The number of aromatic nitrogens is 6. The van der Waals surface area contributed by atoms with Gasteiger partial charge in [0.1, 0.15) is 5.58 Å². The number of para-hydroxylation sites is 1. The van der Waals surface area contributed by atoms with Gasteiger partial charge < -0.3 is 39.6 Å². The van der Waals surface area contributed by atoms with Gasteiger partial charge in [-0.2, -0.15) is 24.3 Å². The van der Waals surface area contributed by atoms with Crippen LogP contribution in [0.3, 0.4) is 0 Å². The third kappa shape index (κ3) is 37.2. The Hall–Kier alpha value is -11.8. The first-order valence-electron chi connectivity index (χ1n) is 45.3. The van der Waals surface area contributed by atoms with Gasteiger partial charge in [-0.15, -0.1) is 183 Å². The number of fused-ring (bicyclic) bond motifs is 4. The number of hydrogen-bond acceptors (Lipinski definition) is 11. The van der Waals surface area contributed by atoms with Crippen molar-refractivity contribution in [3.8, 4) is 89.8 Å². The normalized spacial score (nSPS) is 10.9. The molecule has 3 radical (unpaired) electrons. The minimum absolute atomic E-state index is 0. The van der Waals surface area contributed by atoms with Gasteiger partial charge in [0.2, 0.25) is 0 Å². The standard InChI is InChI=1S/C22H24N.C21H20N.C19H16N.C17H10NO.C15H16N.C12H9N.C11H20O2.C5H8O2.4Ir/c1-14(2)8-18-13-22(19-10-16(4)9-17(5)11-19)23-21-7-6-15(3)12-20(18)21;1-21(2,3)19-12-13-20(22-15-19)18-11-7-10-17(14-18)16-8-5-4-6-9-16;1-14-10-15(2)12-18(11-14)17-8-9-20-19(13-17)16-6-4-3-5-7-16;1-2-7-16-13(5-1)14-11-12(8-9-17(14)19-16)15-6-3-4-10-18-15;1-15(2,3)13-9-10-14(16-11-13)12-7-5-4-6-8-12;1-10-7-8-12(13-9-10)11-5-3-2-4-6-11;1-8(2)5-10(12)7-11(13)6-9(3)4;1-4(6)3-5(2)7;;;;/h6-7,9-10,12-14H,8H2,1-5H3;4-10,12-15H,1-3H3;3-6,8-13H,1-2H3;1-7,9-11H;4-7,9-11H,1-3H3;2-5,7,9H,1H3;7-9,12H,5-6H2,1-4H3;3,6H,1-2H3;;;;/q5*-1;-2;;;;;;+3. The molecule has 0 fully saturated rings. The number of rotatable bonds is 16. The van der Waals surface area contributed by atoms with E-state index in [1.165, 1.54) is 92.6 Å². The Balaban J connectivity index is 0.000000243. The summed E-state index contributed by atoms with van der Waals surface area (Å²) in [4.78, 5) is 48.3. The summed E-state index contributed by atoms with van der Waals surface area (Å²) in [7, 11) is 0. The molecule has 0 aliphatic rings. The monoisotopic (exact) mass is 2520 g/mol. The van der Waals surface area contributed by atoms with Crippen molar-refractivity contribution >= 4 is 44.4 Å². The van der Waals surface area contributed by atoms with Crippen molar-refractivity contribution in [3.63, 3.8) is 0 Å². The molecule has 17 aromatic rings. The van der Waals surface area contributed by atoms with Crippen molar-refractivity contribution in [2.24, 2.45) is 17.8 Å². The van der Waals surface area contributed by atoms with Crippen molar-refractivity contribution < 1.29 is 105 Å². The Labute approximate surface area is 867 Å². The molecule has 0 unspecified atom stereocenters. The average molecular weight is 2520 g/mol. The number of allylic oxidation sites excluding steroid dienone is 4. The van der Waals surface area contributed by atoms with E-state index in [2.05, 4.69) is 297 Å². The molecular formula is C122H123Ir4N6O5-4. The van der Waals surface area contributed by atoms with Gasteiger partial charge in [-0.1, -0.05) is 247 Å². The van der Waals surface area contributed by atoms with E-state index < -0.39 is 0 Å². The Morgan fingerprint density at radius 3 is 1.48 bits per heavy atom. The van der Waals surface area contributed by atoms with Crippen molar-refractivity contribution in [1.82, 2.24) is 29.9 Å². The Bertz CT molecular complexity index is 6610. The van der Waals surface area contributed by atoms with Crippen LogP contribution in [0.25, 0.3) is 123 Å². The molecule has 0 aliphatic heterocycles. The molecule has 0 aliphatic carbocycles. The van der Waals surface area contributed by atoms with Gasteiger partial charge in [0.15, 0.2) is 11.6 Å². The molecule has 2 N–H and O–H groups in total. The Morgan fingerprint density at radius 1 is 0.387 bits per heavy atom. The van der Waals surface area contributed by atoms with Crippen LogP contribution in [-0.4, -0.2) is 51.7 Å². The van der Waals surface area contributed by atoms with E-state index in [0.717, 1.165) is 113 Å². The first kappa shape index (κ1) is 114. The van der Waals surface area contributed by atoms with Crippen LogP contribution >= 0.6 is 0 Å². The number of nitrogens with zero attached hydrogens (tertiary/aromatic N) is 6. The zero-order valence-corrected chi connectivity index (χ0v) is 91.6. The van der Waals surface area contributed by atoms with Crippen LogP contribution in [0.4, 0.5) is 0 Å². The van der Waals surface area contributed by atoms with Crippen molar-refractivity contribution in [2.75, 3.05) is 0 Å². The number of aryl methyl sites for hydroxylation is 6. The summed E-state index contributed by atoms with van der Waals surface area (Å²) in [5.41, 5.74) is 31.1. The van der Waals surface area contributed by atoms with Crippen LogP contribution in [0.2, 0.25) is 0 Å². The largest absolute Gasteiger partial charge is 3.00 e. The molecule has 0 saturated heterocycles. The number of aliphatic hydroxyl groups is 2. The number of pyridine rings is 6. The second kappa shape index (κ2) is 56.2. The molecule has 0 atom stereocenters.